The Labute approximate surface area is 129 Å². The van der Waals surface area contributed by atoms with Crippen LogP contribution in [0.5, 0.6) is 0 Å². The molecule has 0 aliphatic heterocycles. The summed E-state index contributed by atoms with van der Waals surface area (Å²) in [6.45, 7) is 10.2. The van der Waals surface area contributed by atoms with Crippen molar-refractivity contribution in [3.05, 3.63) is 60.7 Å². The lowest BCUT2D eigenvalue weighted by Crippen LogP contribution is -2.24. The molecule has 1 rings (SSSR count). The van der Waals surface area contributed by atoms with Crippen LogP contribution < -0.4 is 0 Å². The average molecular weight is 284 g/mol. The van der Waals surface area contributed by atoms with E-state index in [1.807, 2.05) is 31.2 Å². The van der Waals surface area contributed by atoms with Gasteiger partial charge in [-0.05, 0) is 50.2 Å². The van der Waals surface area contributed by atoms with Crippen molar-refractivity contribution in [1.82, 2.24) is 0 Å². The molecule has 1 atom stereocenters. The number of carbonyl (C=O) groups is 1. The molecule has 1 unspecified atom stereocenters. The average Bonchev–Trinajstić information content (AvgIpc) is 2.50. The van der Waals surface area contributed by atoms with E-state index in [2.05, 4.69) is 32.6 Å². The maximum absolute atomic E-state index is 12.4. The van der Waals surface area contributed by atoms with Crippen molar-refractivity contribution in [3.8, 4) is 0 Å². The van der Waals surface area contributed by atoms with Crippen LogP contribution in [-0.2, 0) is 11.2 Å². The van der Waals surface area contributed by atoms with Gasteiger partial charge in [0, 0.05) is 5.41 Å². The van der Waals surface area contributed by atoms with E-state index in [-0.39, 0.29) is 5.78 Å². The molecule has 114 valence electrons. The monoisotopic (exact) mass is 284 g/mol. The minimum atomic E-state index is -0.423. The normalized spacial score (nSPS) is 14.3. The molecule has 1 nitrogen and oxygen atoms in total. The smallest absolute Gasteiger partial charge is 0.164 e. The van der Waals surface area contributed by atoms with E-state index in [4.69, 9.17) is 0 Å². The predicted molar refractivity (Wildman–Crippen MR) is 91.3 cm³/mol. The Kier molecular flexibility index (Phi) is 7.14. The maximum Gasteiger partial charge on any atom is 0.164 e. The van der Waals surface area contributed by atoms with Crippen LogP contribution in [0.25, 0.3) is 0 Å². The number of rotatable bonds is 9. The van der Waals surface area contributed by atoms with Crippen molar-refractivity contribution in [3.63, 3.8) is 0 Å². The van der Waals surface area contributed by atoms with Gasteiger partial charge in [0.05, 0.1) is 0 Å². The van der Waals surface area contributed by atoms with Gasteiger partial charge in [-0.3, -0.25) is 4.79 Å². The molecule has 0 amide bonds. The molecule has 0 radical (unpaired) electrons. The zero-order valence-electron chi connectivity index (χ0n) is 13.6. The largest absolute Gasteiger partial charge is 0.294 e. The van der Waals surface area contributed by atoms with Gasteiger partial charge in [0.25, 0.3) is 0 Å². The number of hydrogen-bond acceptors (Lipinski definition) is 1. The number of ketones is 1. The Morgan fingerprint density at radius 2 is 1.95 bits per heavy atom. The van der Waals surface area contributed by atoms with Gasteiger partial charge in [-0.1, -0.05) is 56.3 Å². The summed E-state index contributed by atoms with van der Waals surface area (Å²) in [7, 11) is 0. The summed E-state index contributed by atoms with van der Waals surface area (Å²) in [4.78, 5) is 12.4. The third kappa shape index (κ3) is 6.12. The summed E-state index contributed by atoms with van der Waals surface area (Å²) in [5.74, 6) is 0.783. The van der Waals surface area contributed by atoms with E-state index in [0.717, 1.165) is 25.7 Å². The highest BCUT2D eigenvalue weighted by Gasteiger charge is 2.27. The number of benzene rings is 1. The molecule has 0 bridgehead atoms. The first-order valence-corrected chi connectivity index (χ1v) is 7.86. The SMILES string of the molecule is C=CC(C)(CCC(C)C)C(=O)/C=C/CCc1ccccc1. The molecule has 0 aromatic heterocycles. The highest BCUT2D eigenvalue weighted by Crippen LogP contribution is 2.28. The summed E-state index contributed by atoms with van der Waals surface area (Å²) < 4.78 is 0. The fourth-order valence-corrected chi connectivity index (χ4v) is 2.19. The van der Waals surface area contributed by atoms with Gasteiger partial charge in [0.15, 0.2) is 5.78 Å². The van der Waals surface area contributed by atoms with Crippen LogP contribution in [0.4, 0.5) is 0 Å². The van der Waals surface area contributed by atoms with Crippen molar-refractivity contribution in [2.24, 2.45) is 11.3 Å². The first-order valence-electron chi connectivity index (χ1n) is 7.86. The van der Waals surface area contributed by atoms with Crippen molar-refractivity contribution >= 4 is 5.78 Å². The molecular formula is C20H28O. The molecule has 0 saturated carbocycles. The van der Waals surface area contributed by atoms with E-state index in [1.165, 1.54) is 5.56 Å². The molecule has 0 saturated heterocycles. The number of hydrogen-bond donors (Lipinski definition) is 0. The van der Waals surface area contributed by atoms with Gasteiger partial charge in [-0.15, -0.1) is 6.58 Å². The van der Waals surface area contributed by atoms with Gasteiger partial charge in [0.1, 0.15) is 0 Å². The van der Waals surface area contributed by atoms with Crippen LogP contribution in [0.3, 0.4) is 0 Å². The Morgan fingerprint density at radius 1 is 1.29 bits per heavy atom. The molecule has 1 aromatic carbocycles. The second-order valence-corrected chi connectivity index (χ2v) is 6.35. The van der Waals surface area contributed by atoms with E-state index in [1.54, 1.807) is 12.2 Å². The van der Waals surface area contributed by atoms with Crippen LogP contribution in [0.2, 0.25) is 0 Å². The van der Waals surface area contributed by atoms with Gasteiger partial charge >= 0.3 is 0 Å². The molecule has 1 aromatic rings. The molecule has 21 heavy (non-hydrogen) atoms. The Hall–Kier alpha value is -1.63. The van der Waals surface area contributed by atoms with Gasteiger partial charge in [-0.25, -0.2) is 0 Å². The topological polar surface area (TPSA) is 17.1 Å². The minimum absolute atomic E-state index is 0.172. The Morgan fingerprint density at radius 3 is 2.52 bits per heavy atom. The number of aryl methyl sites for hydroxylation is 1. The molecule has 0 heterocycles. The van der Waals surface area contributed by atoms with E-state index < -0.39 is 5.41 Å². The Bertz CT molecular complexity index is 470. The fourth-order valence-electron chi connectivity index (χ4n) is 2.19. The zero-order valence-corrected chi connectivity index (χ0v) is 13.6. The summed E-state index contributed by atoms with van der Waals surface area (Å²) in [6, 6.07) is 10.3. The standard InChI is InChI=1S/C20H28O/c1-5-20(4,16-15-17(2)3)19(21)14-10-9-13-18-11-7-6-8-12-18/h5-8,10-12,14,17H,1,9,13,15-16H2,2-4H3/b14-10+. The molecule has 0 aliphatic rings. The lowest BCUT2D eigenvalue weighted by atomic mass is 9.79. The Balaban J connectivity index is 2.49. The third-order valence-corrected chi connectivity index (χ3v) is 3.97. The van der Waals surface area contributed by atoms with E-state index in [9.17, 15) is 4.79 Å². The van der Waals surface area contributed by atoms with E-state index in [0.29, 0.717) is 5.92 Å². The molecule has 0 spiro atoms. The summed E-state index contributed by atoms with van der Waals surface area (Å²) >= 11 is 0. The third-order valence-electron chi connectivity index (χ3n) is 3.97. The van der Waals surface area contributed by atoms with Crippen molar-refractivity contribution in [2.75, 3.05) is 0 Å². The second kappa shape index (κ2) is 8.61. The van der Waals surface area contributed by atoms with Crippen LogP contribution >= 0.6 is 0 Å². The van der Waals surface area contributed by atoms with Crippen LogP contribution in [0.1, 0.15) is 45.6 Å². The van der Waals surface area contributed by atoms with Crippen molar-refractivity contribution in [1.29, 1.82) is 0 Å². The van der Waals surface area contributed by atoms with Crippen LogP contribution in [-0.4, -0.2) is 5.78 Å². The van der Waals surface area contributed by atoms with Gasteiger partial charge in [-0.2, -0.15) is 0 Å². The molecule has 1 heteroatoms. The summed E-state index contributed by atoms with van der Waals surface area (Å²) in [5.41, 5.74) is 0.883. The van der Waals surface area contributed by atoms with Crippen molar-refractivity contribution < 1.29 is 4.79 Å². The molecule has 0 aliphatic carbocycles. The van der Waals surface area contributed by atoms with Gasteiger partial charge < -0.3 is 0 Å². The molecule has 0 N–H and O–H groups in total. The number of carbonyl (C=O) groups excluding carboxylic acids is 1. The lowest BCUT2D eigenvalue weighted by molar-refractivity contribution is -0.121. The van der Waals surface area contributed by atoms with Crippen LogP contribution in [0, 0.1) is 11.3 Å². The second-order valence-electron chi connectivity index (χ2n) is 6.35. The lowest BCUT2D eigenvalue weighted by Gasteiger charge is -2.23. The summed E-state index contributed by atoms with van der Waals surface area (Å²) in [6.07, 6.45) is 9.33. The molecular weight excluding hydrogens is 256 g/mol. The fraction of sp³-hybridized carbons (Fsp3) is 0.450. The minimum Gasteiger partial charge on any atom is -0.294 e. The van der Waals surface area contributed by atoms with E-state index >= 15 is 0 Å². The highest BCUT2D eigenvalue weighted by molar-refractivity contribution is 5.95. The quantitative estimate of drug-likeness (QED) is 0.440. The number of allylic oxidation sites excluding steroid dienone is 3. The van der Waals surface area contributed by atoms with Crippen LogP contribution in [0.15, 0.2) is 55.1 Å². The highest BCUT2D eigenvalue weighted by atomic mass is 16.1. The van der Waals surface area contributed by atoms with Gasteiger partial charge in [0.2, 0.25) is 0 Å². The first-order chi connectivity index (χ1) is 9.98. The molecule has 0 fully saturated rings. The summed E-state index contributed by atoms with van der Waals surface area (Å²) in [5, 5.41) is 0. The zero-order chi connectivity index (χ0) is 15.7. The first kappa shape index (κ1) is 17.4. The predicted octanol–water partition coefficient (Wildman–Crippen LogP) is 5.37. The van der Waals surface area contributed by atoms with Crippen molar-refractivity contribution in [2.45, 2.75) is 46.5 Å². The maximum atomic E-state index is 12.4.